The predicted octanol–water partition coefficient (Wildman–Crippen LogP) is 2.83. The zero-order chi connectivity index (χ0) is 10.6. The number of benzene rings is 1. The Bertz CT molecular complexity index is 350. The van der Waals surface area contributed by atoms with Crippen molar-refractivity contribution in [3.05, 3.63) is 46.5 Å². The molecule has 0 atom stereocenters. The molecule has 1 aromatic rings. The van der Waals surface area contributed by atoms with E-state index in [1.165, 1.54) is 12.1 Å². The maximum absolute atomic E-state index is 12.8. The van der Waals surface area contributed by atoms with Gasteiger partial charge in [-0.05, 0) is 29.7 Å². The average molecular weight is 218 g/mol. The van der Waals surface area contributed by atoms with Crippen LogP contribution in [-0.2, 0) is 6.42 Å². The van der Waals surface area contributed by atoms with Crippen molar-refractivity contribution < 1.29 is 8.78 Å². The van der Waals surface area contributed by atoms with Crippen LogP contribution in [0.4, 0.5) is 8.78 Å². The molecule has 0 aliphatic rings. The molecule has 0 heterocycles. The SMILES string of the molecule is NC/C(=C/F)Cc1ccc(F)c(Cl)c1. The molecular formula is C10H10ClF2N. The summed E-state index contributed by atoms with van der Waals surface area (Å²) in [4.78, 5) is 0. The van der Waals surface area contributed by atoms with Gasteiger partial charge >= 0.3 is 0 Å². The van der Waals surface area contributed by atoms with Gasteiger partial charge in [-0.25, -0.2) is 8.78 Å². The Kier molecular flexibility index (Phi) is 4.04. The third-order valence-electron chi connectivity index (χ3n) is 1.83. The van der Waals surface area contributed by atoms with Crippen molar-refractivity contribution in [3.8, 4) is 0 Å². The Morgan fingerprint density at radius 1 is 1.50 bits per heavy atom. The smallest absolute Gasteiger partial charge is 0.141 e. The molecule has 0 bridgehead atoms. The van der Waals surface area contributed by atoms with E-state index in [1.807, 2.05) is 0 Å². The number of nitrogens with two attached hydrogens (primary N) is 1. The van der Waals surface area contributed by atoms with Crippen molar-refractivity contribution in [1.82, 2.24) is 0 Å². The molecule has 14 heavy (non-hydrogen) atoms. The van der Waals surface area contributed by atoms with Gasteiger partial charge in [-0.15, -0.1) is 0 Å². The van der Waals surface area contributed by atoms with E-state index in [2.05, 4.69) is 0 Å². The van der Waals surface area contributed by atoms with Gasteiger partial charge in [0.1, 0.15) is 5.82 Å². The summed E-state index contributed by atoms with van der Waals surface area (Å²) in [7, 11) is 0. The lowest BCUT2D eigenvalue weighted by Gasteiger charge is -2.03. The van der Waals surface area contributed by atoms with Crippen molar-refractivity contribution in [3.63, 3.8) is 0 Å². The van der Waals surface area contributed by atoms with Crippen LogP contribution in [-0.4, -0.2) is 6.54 Å². The van der Waals surface area contributed by atoms with Crippen molar-refractivity contribution >= 4 is 11.6 Å². The molecule has 0 aromatic heterocycles. The molecule has 0 aliphatic heterocycles. The standard InChI is InChI=1S/C10H10ClF2N/c11-9-4-7(1-2-10(9)13)3-8(5-12)6-14/h1-2,4-5H,3,6,14H2/b8-5+. The topological polar surface area (TPSA) is 26.0 Å². The Labute approximate surface area is 86.2 Å². The van der Waals surface area contributed by atoms with E-state index in [1.54, 1.807) is 6.07 Å². The van der Waals surface area contributed by atoms with E-state index in [0.717, 1.165) is 5.56 Å². The monoisotopic (exact) mass is 217 g/mol. The first-order chi connectivity index (χ1) is 6.67. The third-order valence-corrected chi connectivity index (χ3v) is 2.12. The molecule has 2 N–H and O–H groups in total. The summed E-state index contributed by atoms with van der Waals surface area (Å²) in [5.74, 6) is -0.478. The van der Waals surface area contributed by atoms with E-state index in [9.17, 15) is 8.78 Å². The van der Waals surface area contributed by atoms with Gasteiger partial charge in [0.15, 0.2) is 0 Å². The minimum atomic E-state index is -0.478. The van der Waals surface area contributed by atoms with Gasteiger partial charge in [-0.1, -0.05) is 17.7 Å². The van der Waals surface area contributed by atoms with Crippen molar-refractivity contribution in [1.29, 1.82) is 0 Å². The highest BCUT2D eigenvalue weighted by Gasteiger charge is 2.02. The van der Waals surface area contributed by atoms with Crippen LogP contribution in [0, 0.1) is 5.82 Å². The minimum absolute atomic E-state index is 0.0396. The maximum atomic E-state index is 12.8. The molecular weight excluding hydrogens is 208 g/mol. The lowest BCUT2D eigenvalue weighted by atomic mass is 10.1. The fourth-order valence-corrected chi connectivity index (χ4v) is 1.27. The molecule has 4 heteroatoms. The first-order valence-corrected chi connectivity index (χ1v) is 4.47. The summed E-state index contributed by atoms with van der Waals surface area (Å²) >= 11 is 5.56. The summed E-state index contributed by atoms with van der Waals surface area (Å²) in [5, 5.41) is 0.0396. The maximum Gasteiger partial charge on any atom is 0.141 e. The van der Waals surface area contributed by atoms with Crippen LogP contribution >= 0.6 is 11.6 Å². The van der Waals surface area contributed by atoms with Crippen LogP contribution in [0.5, 0.6) is 0 Å². The van der Waals surface area contributed by atoms with Gasteiger partial charge < -0.3 is 5.73 Å². The highest BCUT2D eigenvalue weighted by atomic mass is 35.5. The molecule has 0 aliphatic carbocycles. The number of halogens is 3. The number of hydrogen-bond donors (Lipinski definition) is 1. The number of hydrogen-bond acceptors (Lipinski definition) is 1. The third kappa shape index (κ3) is 2.79. The van der Waals surface area contributed by atoms with Gasteiger partial charge in [-0.3, -0.25) is 0 Å². The van der Waals surface area contributed by atoms with Crippen molar-refractivity contribution in [2.24, 2.45) is 5.73 Å². The molecule has 76 valence electrons. The van der Waals surface area contributed by atoms with E-state index in [-0.39, 0.29) is 11.6 Å². The lowest BCUT2D eigenvalue weighted by Crippen LogP contribution is -2.05. The molecule has 0 amide bonds. The van der Waals surface area contributed by atoms with Gasteiger partial charge in [0.25, 0.3) is 0 Å². The lowest BCUT2D eigenvalue weighted by molar-refractivity contribution is 0.627. The van der Waals surface area contributed by atoms with Crippen molar-refractivity contribution in [2.45, 2.75) is 6.42 Å². The van der Waals surface area contributed by atoms with Gasteiger partial charge in [0.05, 0.1) is 11.4 Å². The molecule has 0 radical (unpaired) electrons. The van der Waals surface area contributed by atoms with E-state index in [0.29, 0.717) is 18.3 Å². The molecule has 1 rings (SSSR count). The summed E-state index contributed by atoms with van der Waals surface area (Å²) in [6, 6.07) is 4.28. The summed E-state index contributed by atoms with van der Waals surface area (Å²) in [6.45, 7) is 0.144. The summed E-state index contributed by atoms with van der Waals surface area (Å²) in [5.41, 5.74) is 6.48. The molecule has 0 spiro atoms. The average Bonchev–Trinajstić information content (AvgIpc) is 2.19. The largest absolute Gasteiger partial charge is 0.327 e. The first kappa shape index (κ1) is 11.1. The van der Waals surface area contributed by atoms with Crippen molar-refractivity contribution in [2.75, 3.05) is 6.54 Å². The van der Waals surface area contributed by atoms with E-state index in [4.69, 9.17) is 17.3 Å². The van der Waals surface area contributed by atoms with Crippen LogP contribution in [0.2, 0.25) is 5.02 Å². The minimum Gasteiger partial charge on any atom is -0.327 e. The second-order valence-corrected chi connectivity index (χ2v) is 3.30. The van der Waals surface area contributed by atoms with Crippen LogP contribution in [0.1, 0.15) is 5.56 Å². The van der Waals surface area contributed by atoms with Crippen LogP contribution in [0.3, 0.4) is 0 Å². The zero-order valence-electron chi connectivity index (χ0n) is 7.43. The summed E-state index contributed by atoms with van der Waals surface area (Å²) < 4.78 is 24.9. The Balaban J connectivity index is 2.82. The normalized spacial score (nSPS) is 11.9. The highest BCUT2D eigenvalue weighted by molar-refractivity contribution is 6.30. The fourth-order valence-electron chi connectivity index (χ4n) is 1.07. The Morgan fingerprint density at radius 2 is 2.21 bits per heavy atom. The van der Waals surface area contributed by atoms with Crippen LogP contribution in [0.25, 0.3) is 0 Å². The Hall–Kier alpha value is -0.930. The number of rotatable bonds is 3. The molecule has 1 aromatic carbocycles. The van der Waals surface area contributed by atoms with E-state index < -0.39 is 5.82 Å². The van der Waals surface area contributed by atoms with Gasteiger partial charge in [0.2, 0.25) is 0 Å². The Morgan fingerprint density at radius 3 is 2.71 bits per heavy atom. The zero-order valence-corrected chi connectivity index (χ0v) is 8.19. The van der Waals surface area contributed by atoms with Crippen LogP contribution in [0.15, 0.2) is 30.1 Å². The quantitative estimate of drug-likeness (QED) is 0.828. The molecule has 0 fully saturated rings. The molecule has 0 saturated heterocycles. The second kappa shape index (κ2) is 5.08. The fraction of sp³-hybridized carbons (Fsp3) is 0.200. The highest BCUT2D eigenvalue weighted by Crippen LogP contribution is 2.17. The summed E-state index contributed by atoms with van der Waals surface area (Å²) in [6.07, 6.45) is 0.824. The molecule has 0 unspecified atom stereocenters. The molecule has 1 nitrogen and oxygen atoms in total. The predicted molar refractivity (Wildman–Crippen MR) is 53.4 cm³/mol. The van der Waals surface area contributed by atoms with Gasteiger partial charge in [0, 0.05) is 6.54 Å². The first-order valence-electron chi connectivity index (χ1n) is 4.09. The second-order valence-electron chi connectivity index (χ2n) is 2.90. The van der Waals surface area contributed by atoms with Crippen LogP contribution < -0.4 is 5.73 Å². The van der Waals surface area contributed by atoms with Gasteiger partial charge in [-0.2, -0.15) is 0 Å². The molecule has 0 saturated carbocycles. The van der Waals surface area contributed by atoms with E-state index >= 15 is 0 Å².